The van der Waals surface area contributed by atoms with E-state index in [0.29, 0.717) is 5.69 Å². The van der Waals surface area contributed by atoms with Crippen molar-refractivity contribution in [3.05, 3.63) is 16.6 Å². The first-order chi connectivity index (χ1) is 7.56. The van der Waals surface area contributed by atoms with Crippen LogP contribution in [0.5, 0.6) is 0 Å². The van der Waals surface area contributed by atoms with Crippen LogP contribution in [0.1, 0.15) is 24.3 Å². The summed E-state index contributed by atoms with van der Waals surface area (Å²) in [6.07, 6.45) is 0. The van der Waals surface area contributed by atoms with Crippen molar-refractivity contribution in [2.45, 2.75) is 19.9 Å². The quantitative estimate of drug-likeness (QED) is 0.352. The fourth-order valence-corrected chi connectivity index (χ4v) is 1.69. The summed E-state index contributed by atoms with van der Waals surface area (Å²) in [4.78, 5) is 17.4. The van der Waals surface area contributed by atoms with E-state index in [4.69, 9.17) is 10.9 Å². The van der Waals surface area contributed by atoms with Gasteiger partial charge in [-0.3, -0.25) is 4.79 Å². The molecule has 1 amide bonds. The van der Waals surface area contributed by atoms with Gasteiger partial charge >= 0.3 is 0 Å². The van der Waals surface area contributed by atoms with E-state index in [1.165, 1.54) is 16.2 Å². The van der Waals surface area contributed by atoms with Crippen molar-refractivity contribution in [2.75, 3.05) is 6.54 Å². The molecule has 1 aromatic heterocycles. The lowest BCUT2D eigenvalue weighted by molar-refractivity contribution is 0.0729. The molecule has 0 aliphatic rings. The van der Waals surface area contributed by atoms with E-state index >= 15 is 0 Å². The number of nitrogens with two attached hydrogens (primary N) is 1. The lowest BCUT2D eigenvalue weighted by Crippen LogP contribution is -2.43. The Balaban J connectivity index is 2.82. The van der Waals surface area contributed by atoms with Gasteiger partial charge in [0.1, 0.15) is 5.69 Å². The standard InChI is InChI=1S/C9H14N4O2S/c1-6(2)13(3-8(10)12-15)9(14)7-4-16-5-11-7/h4-6,15H,3H2,1-2H3,(H2,10,12). The van der Waals surface area contributed by atoms with Crippen molar-refractivity contribution < 1.29 is 10.0 Å². The average Bonchev–Trinajstić information content (AvgIpc) is 2.77. The van der Waals surface area contributed by atoms with E-state index in [1.54, 1.807) is 10.9 Å². The van der Waals surface area contributed by atoms with Gasteiger partial charge in [0.15, 0.2) is 5.84 Å². The van der Waals surface area contributed by atoms with Crippen LogP contribution in [0.25, 0.3) is 0 Å². The van der Waals surface area contributed by atoms with Crippen LogP contribution in [-0.2, 0) is 0 Å². The van der Waals surface area contributed by atoms with Gasteiger partial charge in [0.2, 0.25) is 0 Å². The first-order valence-corrected chi connectivity index (χ1v) is 5.66. The Bertz CT molecular complexity index is 375. The van der Waals surface area contributed by atoms with Crippen LogP contribution in [-0.4, -0.2) is 39.4 Å². The second kappa shape index (κ2) is 5.45. The van der Waals surface area contributed by atoms with E-state index in [1.807, 2.05) is 13.8 Å². The van der Waals surface area contributed by atoms with Crippen LogP contribution in [0, 0.1) is 0 Å². The summed E-state index contributed by atoms with van der Waals surface area (Å²) in [5, 5.41) is 13.0. The van der Waals surface area contributed by atoms with Crippen LogP contribution in [0.15, 0.2) is 16.0 Å². The Kier molecular flexibility index (Phi) is 4.24. The van der Waals surface area contributed by atoms with E-state index in [9.17, 15) is 4.79 Å². The Morgan fingerprint density at radius 3 is 2.88 bits per heavy atom. The molecule has 0 fully saturated rings. The molecule has 0 aromatic carbocycles. The largest absolute Gasteiger partial charge is 0.409 e. The SMILES string of the molecule is CC(C)N(CC(N)=NO)C(=O)c1cscn1. The highest BCUT2D eigenvalue weighted by atomic mass is 32.1. The highest BCUT2D eigenvalue weighted by molar-refractivity contribution is 7.07. The zero-order valence-corrected chi connectivity index (χ0v) is 9.94. The number of rotatable bonds is 4. The van der Waals surface area contributed by atoms with Crippen LogP contribution < -0.4 is 5.73 Å². The molecular weight excluding hydrogens is 228 g/mol. The van der Waals surface area contributed by atoms with Gasteiger partial charge in [-0.2, -0.15) is 0 Å². The fraction of sp³-hybridized carbons (Fsp3) is 0.444. The fourth-order valence-electron chi connectivity index (χ4n) is 1.16. The minimum atomic E-state index is -0.220. The maximum Gasteiger partial charge on any atom is 0.273 e. The van der Waals surface area contributed by atoms with Crippen LogP contribution >= 0.6 is 11.3 Å². The molecule has 1 aromatic rings. The molecule has 0 bridgehead atoms. The number of carbonyl (C=O) groups excluding carboxylic acids is 1. The van der Waals surface area contributed by atoms with Crippen molar-refractivity contribution in [1.82, 2.24) is 9.88 Å². The molecule has 16 heavy (non-hydrogen) atoms. The molecular formula is C9H14N4O2S. The first-order valence-electron chi connectivity index (χ1n) is 4.71. The van der Waals surface area contributed by atoms with Crippen LogP contribution in [0.4, 0.5) is 0 Å². The zero-order chi connectivity index (χ0) is 12.1. The number of thiazole rings is 1. The molecule has 88 valence electrons. The summed E-state index contributed by atoms with van der Waals surface area (Å²) in [7, 11) is 0. The van der Waals surface area contributed by atoms with Crippen molar-refractivity contribution in [1.29, 1.82) is 0 Å². The number of amides is 1. The number of oxime groups is 1. The van der Waals surface area contributed by atoms with Gasteiger partial charge in [-0.1, -0.05) is 5.16 Å². The smallest absolute Gasteiger partial charge is 0.273 e. The van der Waals surface area contributed by atoms with Crippen molar-refractivity contribution in [2.24, 2.45) is 10.9 Å². The summed E-state index contributed by atoms with van der Waals surface area (Å²) >= 11 is 1.35. The Morgan fingerprint density at radius 1 is 1.75 bits per heavy atom. The molecule has 0 atom stereocenters. The number of hydrogen-bond acceptors (Lipinski definition) is 5. The molecule has 1 heterocycles. The number of nitrogens with zero attached hydrogens (tertiary/aromatic N) is 3. The van der Waals surface area contributed by atoms with E-state index in [-0.39, 0.29) is 24.3 Å². The summed E-state index contributed by atoms with van der Waals surface area (Å²) in [5.41, 5.74) is 7.36. The van der Waals surface area contributed by atoms with Gasteiger partial charge in [-0.05, 0) is 13.8 Å². The second-order valence-corrected chi connectivity index (χ2v) is 4.21. The molecule has 6 nitrogen and oxygen atoms in total. The molecule has 0 aliphatic heterocycles. The van der Waals surface area contributed by atoms with Crippen molar-refractivity contribution >= 4 is 23.1 Å². The lowest BCUT2D eigenvalue weighted by Gasteiger charge is -2.25. The Labute approximate surface area is 97.4 Å². The predicted octanol–water partition coefficient (Wildman–Crippen LogP) is 0.740. The monoisotopic (exact) mass is 242 g/mol. The van der Waals surface area contributed by atoms with Crippen LogP contribution in [0.3, 0.4) is 0 Å². The molecule has 0 saturated heterocycles. The van der Waals surface area contributed by atoms with Gasteiger partial charge < -0.3 is 15.8 Å². The van der Waals surface area contributed by atoms with Gasteiger partial charge in [0, 0.05) is 11.4 Å². The Hall–Kier alpha value is -1.63. The molecule has 0 aliphatic carbocycles. The Morgan fingerprint density at radius 2 is 2.44 bits per heavy atom. The van der Waals surface area contributed by atoms with Gasteiger partial charge in [0.05, 0.1) is 12.1 Å². The predicted molar refractivity (Wildman–Crippen MR) is 61.7 cm³/mol. The summed E-state index contributed by atoms with van der Waals surface area (Å²) in [6.45, 7) is 3.80. The maximum atomic E-state index is 12.0. The number of aromatic nitrogens is 1. The van der Waals surface area contributed by atoms with E-state index in [2.05, 4.69) is 10.1 Å². The maximum absolute atomic E-state index is 12.0. The van der Waals surface area contributed by atoms with Gasteiger partial charge in [-0.15, -0.1) is 11.3 Å². The third-order valence-electron chi connectivity index (χ3n) is 2.00. The first kappa shape index (κ1) is 12.4. The third-order valence-corrected chi connectivity index (χ3v) is 2.58. The van der Waals surface area contributed by atoms with Crippen molar-refractivity contribution in [3.63, 3.8) is 0 Å². The molecule has 0 spiro atoms. The number of carbonyl (C=O) groups is 1. The van der Waals surface area contributed by atoms with Crippen molar-refractivity contribution in [3.8, 4) is 0 Å². The zero-order valence-electron chi connectivity index (χ0n) is 9.12. The minimum Gasteiger partial charge on any atom is -0.409 e. The van der Waals surface area contributed by atoms with Gasteiger partial charge in [0.25, 0.3) is 5.91 Å². The number of hydrogen-bond donors (Lipinski definition) is 2. The van der Waals surface area contributed by atoms with Gasteiger partial charge in [-0.25, -0.2) is 4.98 Å². The normalized spacial score (nSPS) is 11.8. The molecule has 0 radical (unpaired) electrons. The molecule has 0 unspecified atom stereocenters. The second-order valence-electron chi connectivity index (χ2n) is 3.49. The highest BCUT2D eigenvalue weighted by Gasteiger charge is 2.21. The molecule has 7 heteroatoms. The average molecular weight is 242 g/mol. The topological polar surface area (TPSA) is 91.8 Å². The molecule has 0 saturated carbocycles. The molecule has 1 rings (SSSR count). The lowest BCUT2D eigenvalue weighted by atomic mass is 10.2. The number of amidine groups is 1. The van der Waals surface area contributed by atoms with E-state index in [0.717, 1.165) is 0 Å². The van der Waals surface area contributed by atoms with Crippen LogP contribution in [0.2, 0.25) is 0 Å². The summed E-state index contributed by atoms with van der Waals surface area (Å²) < 4.78 is 0. The minimum absolute atomic E-state index is 0.00252. The third kappa shape index (κ3) is 2.93. The summed E-state index contributed by atoms with van der Waals surface area (Å²) in [5.74, 6) is -0.222. The highest BCUT2D eigenvalue weighted by Crippen LogP contribution is 2.08. The summed E-state index contributed by atoms with van der Waals surface area (Å²) in [6, 6.07) is -0.0468. The molecule has 3 N–H and O–H groups in total. The van der Waals surface area contributed by atoms with E-state index < -0.39 is 0 Å².